The number of alkyl halides is 3. The number of hydrogen-bond donors (Lipinski definition) is 1. The van der Waals surface area contributed by atoms with Crippen LogP contribution in [0.15, 0.2) is 46.0 Å². The molecule has 0 radical (unpaired) electrons. The summed E-state index contributed by atoms with van der Waals surface area (Å²) in [5.41, 5.74) is -0.299. The number of nitrogens with one attached hydrogen (secondary N) is 1. The first-order valence-electron chi connectivity index (χ1n) is 6.72. The smallest absolute Gasteiger partial charge is 0.210 e. The second kappa shape index (κ2) is 6.26. The maximum absolute atomic E-state index is 12.5. The van der Waals surface area contributed by atoms with E-state index in [0.717, 1.165) is 29.8 Å². The molecule has 0 aliphatic heterocycles. The number of benzene rings is 1. The van der Waals surface area contributed by atoms with Gasteiger partial charge in [-0.15, -0.1) is 0 Å². The molecule has 2 aromatic rings. The third kappa shape index (κ3) is 4.33. The lowest BCUT2D eigenvalue weighted by molar-refractivity contribution is -0.137. The fraction of sp³-hybridized carbons (Fsp3) is 0.333. The van der Waals surface area contributed by atoms with E-state index in [4.69, 9.17) is 0 Å². The van der Waals surface area contributed by atoms with Crippen LogP contribution in [0, 0.1) is 0 Å². The van der Waals surface area contributed by atoms with Crippen LogP contribution in [0.3, 0.4) is 0 Å². The van der Waals surface area contributed by atoms with Gasteiger partial charge in [0.1, 0.15) is 0 Å². The van der Waals surface area contributed by atoms with E-state index in [1.165, 1.54) is 11.3 Å². The van der Waals surface area contributed by atoms with Crippen molar-refractivity contribution in [3.63, 3.8) is 0 Å². The molecule has 3 nitrogen and oxygen atoms in total. The molecule has 0 amide bonds. The van der Waals surface area contributed by atoms with Gasteiger partial charge in [-0.2, -0.15) is 24.5 Å². The van der Waals surface area contributed by atoms with Crippen LogP contribution in [-0.4, -0.2) is 15.0 Å². The van der Waals surface area contributed by atoms with Gasteiger partial charge in [-0.05, 0) is 46.7 Å². The molecule has 0 unspecified atom stereocenters. The van der Waals surface area contributed by atoms with Crippen LogP contribution in [-0.2, 0) is 21.6 Å². The van der Waals surface area contributed by atoms with Crippen molar-refractivity contribution < 1.29 is 21.6 Å². The number of halogens is 3. The largest absolute Gasteiger partial charge is 0.416 e. The Balaban J connectivity index is 2.13. The average Bonchev–Trinajstić information content (AvgIpc) is 3.00. The lowest BCUT2D eigenvalue weighted by Gasteiger charge is -2.24. The first-order chi connectivity index (χ1) is 10.5. The van der Waals surface area contributed by atoms with E-state index in [9.17, 15) is 21.6 Å². The zero-order valence-electron chi connectivity index (χ0n) is 12.5. The molecule has 0 atom stereocenters. The van der Waals surface area contributed by atoms with E-state index in [0.29, 0.717) is 0 Å². The highest BCUT2D eigenvalue weighted by molar-refractivity contribution is 7.89. The monoisotopic (exact) mass is 363 g/mol. The lowest BCUT2D eigenvalue weighted by Crippen LogP contribution is -2.36. The molecule has 23 heavy (non-hydrogen) atoms. The minimum absolute atomic E-state index is 0.146. The van der Waals surface area contributed by atoms with Crippen molar-refractivity contribution >= 4 is 21.4 Å². The summed E-state index contributed by atoms with van der Waals surface area (Å²) in [5, 5.41) is 3.84. The van der Waals surface area contributed by atoms with Gasteiger partial charge in [0.15, 0.2) is 0 Å². The molecule has 0 saturated heterocycles. The van der Waals surface area contributed by atoms with E-state index >= 15 is 0 Å². The highest BCUT2D eigenvalue weighted by Gasteiger charge is 2.31. The highest BCUT2D eigenvalue weighted by atomic mass is 32.2. The summed E-state index contributed by atoms with van der Waals surface area (Å²) in [4.78, 5) is -0.188. The summed E-state index contributed by atoms with van der Waals surface area (Å²) in [7, 11) is -3.86. The van der Waals surface area contributed by atoms with Crippen LogP contribution in [0.25, 0.3) is 0 Å². The zero-order valence-corrected chi connectivity index (χ0v) is 14.1. The van der Waals surface area contributed by atoms with Crippen molar-refractivity contribution in [1.29, 1.82) is 0 Å². The van der Waals surface area contributed by atoms with Crippen molar-refractivity contribution in [2.45, 2.75) is 30.3 Å². The molecule has 0 bridgehead atoms. The summed E-state index contributed by atoms with van der Waals surface area (Å²) in [5.74, 6) is 0. The maximum atomic E-state index is 12.5. The number of hydrogen-bond acceptors (Lipinski definition) is 3. The van der Waals surface area contributed by atoms with Crippen LogP contribution >= 0.6 is 11.3 Å². The molecule has 0 fully saturated rings. The summed E-state index contributed by atoms with van der Waals surface area (Å²) >= 11 is 1.52. The minimum Gasteiger partial charge on any atom is -0.210 e. The highest BCUT2D eigenvalue weighted by Crippen LogP contribution is 2.30. The Kier molecular flexibility index (Phi) is 4.89. The van der Waals surface area contributed by atoms with Crippen molar-refractivity contribution in [3.8, 4) is 0 Å². The molecule has 8 heteroatoms. The number of sulfonamides is 1. The zero-order chi connectivity index (χ0) is 17.3. The Morgan fingerprint density at radius 1 is 1.04 bits per heavy atom. The van der Waals surface area contributed by atoms with Gasteiger partial charge in [-0.25, -0.2) is 13.1 Å². The second-order valence-electron chi connectivity index (χ2n) is 5.74. The molecular weight excluding hydrogens is 347 g/mol. The van der Waals surface area contributed by atoms with E-state index in [1.54, 1.807) is 0 Å². The van der Waals surface area contributed by atoms with E-state index in [-0.39, 0.29) is 11.4 Å². The summed E-state index contributed by atoms with van der Waals surface area (Å²) in [6.07, 6.45) is -4.49. The molecule has 0 saturated carbocycles. The Hall–Kier alpha value is -1.38. The maximum Gasteiger partial charge on any atom is 0.416 e. The molecule has 2 rings (SSSR count). The third-order valence-electron chi connectivity index (χ3n) is 3.50. The fourth-order valence-corrected chi connectivity index (χ4v) is 3.99. The quantitative estimate of drug-likeness (QED) is 0.872. The van der Waals surface area contributed by atoms with Crippen LogP contribution < -0.4 is 4.72 Å². The third-order valence-corrected chi connectivity index (χ3v) is 5.60. The lowest BCUT2D eigenvalue weighted by atomic mass is 9.87. The molecule has 1 N–H and O–H groups in total. The van der Waals surface area contributed by atoms with E-state index < -0.39 is 27.2 Å². The predicted molar refractivity (Wildman–Crippen MR) is 84.0 cm³/mol. The van der Waals surface area contributed by atoms with Crippen molar-refractivity contribution in [3.05, 3.63) is 52.2 Å². The van der Waals surface area contributed by atoms with Gasteiger partial charge in [0.25, 0.3) is 0 Å². The Morgan fingerprint density at radius 3 is 2.13 bits per heavy atom. The first kappa shape index (κ1) is 18.0. The van der Waals surface area contributed by atoms with Gasteiger partial charge < -0.3 is 0 Å². The van der Waals surface area contributed by atoms with Crippen molar-refractivity contribution in [2.75, 3.05) is 6.54 Å². The predicted octanol–water partition coefficient (Wildman–Crippen LogP) is 4.02. The summed E-state index contributed by atoms with van der Waals surface area (Å²) in [6, 6.07) is 5.36. The van der Waals surface area contributed by atoms with E-state index in [2.05, 4.69) is 4.72 Å². The fourth-order valence-electron chi connectivity index (χ4n) is 1.93. The Morgan fingerprint density at radius 2 is 1.65 bits per heavy atom. The molecule has 0 aliphatic rings. The van der Waals surface area contributed by atoms with Gasteiger partial charge in [0, 0.05) is 12.0 Å². The molecule has 0 spiro atoms. The molecule has 1 heterocycles. The molecule has 126 valence electrons. The Labute approximate surface area is 137 Å². The SMILES string of the molecule is CC(C)(CNS(=O)(=O)c1ccc(C(F)(F)F)cc1)c1ccsc1. The molecule has 0 aliphatic carbocycles. The normalized spacial score (nSPS) is 13.3. The van der Waals surface area contributed by atoms with Gasteiger partial charge in [-0.1, -0.05) is 13.8 Å². The van der Waals surface area contributed by atoms with Crippen LogP contribution in [0.5, 0.6) is 0 Å². The van der Waals surface area contributed by atoms with Crippen LogP contribution in [0.2, 0.25) is 0 Å². The molecular formula is C15H16F3NO2S2. The first-order valence-corrected chi connectivity index (χ1v) is 9.15. The van der Waals surface area contributed by atoms with Crippen molar-refractivity contribution in [2.24, 2.45) is 0 Å². The molecule has 1 aromatic carbocycles. The van der Waals surface area contributed by atoms with Crippen molar-refractivity contribution in [1.82, 2.24) is 4.72 Å². The molecule has 1 aromatic heterocycles. The number of thiophene rings is 1. The standard InChI is InChI=1S/C15H16F3NO2S2/c1-14(2,12-7-8-22-9-12)10-19-23(20,21)13-5-3-11(4-6-13)15(16,17)18/h3-9,19H,10H2,1-2H3. The van der Waals surface area contributed by atoms with Crippen LogP contribution in [0.4, 0.5) is 13.2 Å². The van der Waals surface area contributed by atoms with Gasteiger partial charge in [0.05, 0.1) is 10.5 Å². The van der Waals surface area contributed by atoms with Gasteiger partial charge >= 0.3 is 6.18 Å². The second-order valence-corrected chi connectivity index (χ2v) is 8.29. The average molecular weight is 363 g/mol. The summed E-state index contributed by atoms with van der Waals surface area (Å²) in [6.45, 7) is 3.93. The van der Waals surface area contributed by atoms with Gasteiger partial charge in [-0.3, -0.25) is 0 Å². The number of rotatable bonds is 5. The Bertz CT molecular complexity index is 749. The van der Waals surface area contributed by atoms with Crippen LogP contribution in [0.1, 0.15) is 25.0 Å². The summed E-state index contributed by atoms with van der Waals surface area (Å²) < 4.78 is 64.4. The topological polar surface area (TPSA) is 46.2 Å². The minimum atomic E-state index is -4.49. The van der Waals surface area contributed by atoms with E-state index in [1.807, 2.05) is 30.7 Å². The van der Waals surface area contributed by atoms with Gasteiger partial charge in [0.2, 0.25) is 10.0 Å².